The highest BCUT2D eigenvalue weighted by atomic mass is 16.3. The molecule has 0 amide bonds. The third-order valence-corrected chi connectivity index (χ3v) is 8.14. The molecule has 9 atom stereocenters. The SMILES string of the molecule is C[C@]12CC[C@H]3[C@@H](CC=C4[C@@H](O)[C@@H](O)CC[C@@]43C)[C@@H]1C[C@@H](O)[C@@H]2O. The van der Waals surface area contributed by atoms with E-state index < -0.39 is 24.4 Å². The number of hydrogen-bond acceptors (Lipinski definition) is 4. The highest BCUT2D eigenvalue weighted by Gasteiger charge is 2.61. The molecule has 0 aliphatic heterocycles. The van der Waals surface area contributed by atoms with Crippen molar-refractivity contribution in [2.45, 2.75) is 76.8 Å². The third kappa shape index (κ3) is 1.98. The summed E-state index contributed by atoms with van der Waals surface area (Å²) in [6.45, 7) is 4.41. The molecule has 0 unspecified atom stereocenters. The second-order valence-corrected chi connectivity index (χ2v) is 9.03. The molecule has 0 radical (unpaired) electrons. The summed E-state index contributed by atoms with van der Waals surface area (Å²) >= 11 is 0. The van der Waals surface area contributed by atoms with Gasteiger partial charge in [0.05, 0.1) is 18.3 Å². The van der Waals surface area contributed by atoms with E-state index in [4.69, 9.17) is 0 Å². The topological polar surface area (TPSA) is 80.9 Å². The Bertz CT molecular complexity index is 531. The van der Waals surface area contributed by atoms with Gasteiger partial charge in [0.25, 0.3) is 0 Å². The van der Waals surface area contributed by atoms with Gasteiger partial charge in [0, 0.05) is 0 Å². The van der Waals surface area contributed by atoms with E-state index in [9.17, 15) is 20.4 Å². The fraction of sp³-hybridized carbons (Fsp3) is 0.895. The summed E-state index contributed by atoms with van der Waals surface area (Å²) < 4.78 is 0. The maximum atomic E-state index is 10.5. The Balaban J connectivity index is 1.70. The minimum absolute atomic E-state index is 0.0403. The average molecular weight is 322 g/mol. The second-order valence-electron chi connectivity index (χ2n) is 9.03. The molecule has 0 spiro atoms. The van der Waals surface area contributed by atoms with Crippen molar-refractivity contribution in [3.8, 4) is 0 Å². The van der Waals surface area contributed by atoms with Gasteiger partial charge in [-0.05, 0) is 72.7 Å². The Kier molecular flexibility index (Phi) is 3.52. The Morgan fingerprint density at radius 3 is 2.43 bits per heavy atom. The fourth-order valence-electron chi connectivity index (χ4n) is 6.71. The summed E-state index contributed by atoms with van der Waals surface area (Å²) in [5, 5.41) is 41.2. The number of allylic oxidation sites excluding steroid dienone is 1. The number of hydrogen-bond donors (Lipinski definition) is 4. The smallest absolute Gasteiger partial charge is 0.101 e. The maximum Gasteiger partial charge on any atom is 0.101 e. The lowest BCUT2D eigenvalue weighted by Gasteiger charge is -2.58. The lowest BCUT2D eigenvalue weighted by atomic mass is 9.47. The second kappa shape index (κ2) is 5.04. The van der Waals surface area contributed by atoms with Gasteiger partial charge in [-0.15, -0.1) is 0 Å². The van der Waals surface area contributed by atoms with E-state index in [1.807, 2.05) is 0 Å². The zero-order valence-electron chi connectivity index (χ0n) is 14.2. The molecule has 4 nitrogen and oxygen atoms in total. The van der Waals surface area contributed by atoms with Gasteiger partial charge < -0.3 is 20.4 Å². The quantitative estimate of drug-likeness (QED) is 0.511. The normalized spacial score (nSPS) is 58.9. The van der Waals surface area contributed by atoms with E-state index in [-0.39, 0.29) is 10.8 Å². The van der Waals surface area contributed by atoms with Crippen LogP contribution in [0.3, 0.4) is 0 Å². The minimum Gasteiger partial charge on any atom is -0.390 e. The van der Waals surface area contributed by atoms with Crippen molar-refractivity contribution < 1.29 is 20.4 Å². The van der Waals surface area contributed by atoms with Gasteiger partial charge in [0.15, 0.2) is 0 Å². The van der Waals surface area contributed by atoms with E-state index in [2.05, 4.69) is 19.9 Å². The number of aliphatic hydroxyl groups is 4. The molecule has 4 aliphatic carbocycles. The first-order valence-corrected chi connectivity index (χ1v) is 9.22. The molecule has 0 aromatic heterocycles. The standard InChI is InChI=1S/C19H30O4/c1-18-8-6-14(20)16(22)12(18)4-3-10-11(18)5-7-19(2)13(10)9-15(21)17(19)23/h4,10-11,13-17,20-23H,3,5-9H2,1-2H3/t10-,11+,13+,14+,15-,16-,17+,18-,19+/m1/s1. The summed E-state index contributed by atoms with van der Waals surface area (Å²) in [5.74, 6) is 1.31. The largest absolute Gasteiger partial charge is 0.390 e. The Morgan fingerprint density at radius 1 is 0.957 bits per heavy atom. The minimum atomic E-state index is -0.720. The van der Waals surface area contributed by atoms with Crippen LogP contribution in [0.2, 0.25) is 0 Å². The summed E-state index contributed by atoms with van der Waals surface area (Å²) in [5.41, 5.74) is 0.830. The van der Waals surface area contributed by atoms with Gasteiger partial charge in [-0.3, -0.25) is 0 Å². The van der Waals surface area contributed by atoms with Crippen LogP contribution < -0.4 is 0 Å². The molecule has 3 fully saturated rings. The molecule has 0 heterocycles. The van der Waals surface area contributed by atoms with Gasteiger partial charge in [-0.2, -0.15) is 0 Å². The zero-order chi connectivity index (χ0) is 16.6. The molecular weight excluding hydrogens is 292 g/mol. The first kappa shape index (κ1) is 16.1. The van der Waals surface area contributed by atoms with E-state index in [0.717, 1.165) is 31.3 Å². The predicted octanol–water partition coefficient (Wildman–Crippen LogP) is 1.61. The zero-order valence-corrected chi connectivity index (χ0v) is 14.2. The Labute approximate surface area is 138 Å². The molecule has 3 saturated carbocycles. The van der Waals surface area contributed by atoms with E-state index in [0.29, 0.717) is 30.6 Å². The van der Waals surface area contributed by atoms with E-state index in [1.165, 1.54) is 0 Å². The summed E-state index contributed by atoms with van der Waals surface area (Å²) in [6.07, 6.45) is 4.78. The molecule has 4 rings (SSSR count). The molecule has 130 valence electrons. The summed E-state index contributed by atoms with van der Waals surface area (Å²) in [7, 11) is 0. The highest BCUT2D eigenvalue weighted by Crippen LogP contribution is 2.64. The first-order chi connectivity index (χ1) is 10.8. The number of aliphatic hydroxyl groups excluding tert-OH is 4. The van der Waals surface area contributed by atoms with Crippen molar-refractivity contribution in [3.05, 3.63) is 11.6 Å². The fourth-order valence-corrected chi connectivity index (χ4v) is 6.71. The molecule has 4 heteroatoms. The van der Waals surface area contributed by atoms with Crippen LogP contribution in [0, 0.1) is 28.6 Å². The van der Waals surface area contributed by atoms with Crippen molar-refractivity contribution in [1.82, 2.24) is 0 Å². The van der Waals surface area contributed by atoms with Crippen LogP contribution in [0.4, 0.5) is 0 Å². The monoisotopic (exact) mass is 322 g/mol. The molecule has 0 aromatic rings. The van der Waals surface area contributed by atoms with Crippen LogP contribution in [0.15, 0.2) is 11.6 Å². The molecule has 0 bridgehead atoms. The summed E-state index contributed by atoms with van der Waals surface area (Å²) in [4.78, 5) is 0. The predicted molar refractivity (Wildman–Crippen MR) is 86.5 cm³/mol. The lowest BCUT2D eigenvalue weighted by molar-refractivity contribution is -0.0941. The van der Waals surface area contributed by atoms with Gasteiger partial charge in [-0.1, -0.05) is 19.9 Å². The summed E-state index contributed by atoms with van der Waals surface area (Å²) in [6, 6.07) is 0. The van der Waals surface area contributed by atoms with Crippen molar-refractivity contribution in [2.24, 2.45) is 28.6 Å². The van der Waals surface area contributed by atoms with Crippen LogP contribution >= 0.6 is 0 Å². The van der Waals surface area contributed by atoms with Crippen LogP contribution in [0.5, 0.6) is 0 Å². The van der Waals surface area contributed by atoms with Crippen LogP contribution in [-0.4, -0.2) is 44.8 Å². The van der Waals surface area contributed by atoms with Gasteiger partial charge in [-0.25, -0.2) is 0 Å². The average Bonchev–Trinajstić information content (AvgIpc) is 2.75. The van der Waals surface area contributed by atoms with Gasteiger partial charge >= 0.3 is 0 Å². The molecule has 4 N–H and O–H groups in total. The number of rotatable bonds is 0. The van der Waals surface area contributed by atoms with E-state index >= 15 is 0 Å². The van der Waals surface area contributed by atoms with Crippen LogP contribution in [-0.2, 0) is 0 Å². The van der Waals surface area contributed by atoms with Crippen molar-refractivity contribution in [1.29, 1.82) is 0 Å². The van der Waals surface area contributed by atoms with Crippen molar-refractivity contribution >= 4 is 0 Å². The van der Waals surface area contributed by atoms with Crippen molar-refractivity contribution in [2.75, 3.05) is 0 Å². The Hall–Kier alpha value is -0.420. The maximum absolute atomic E-state index is 10.5. The first-order valence-electron chi connectivity index (χ1n) is 9.22. The molecule has 0 saturated heterocycles. The molecule has 4 aliphatic rings. The van der Waals surface area contributed by atoms with Gasteiger partial charge in [0.2, 0.25) is 0 Å². The third-order valence-electron chi connectivity index (χ3n) is 8.14. The van der Waals surface area contributed by atoms with Gasteiger partial charge in [0.1, 0.15) is 6.10 Å². The lowest BCUT2D eigenvalue weighted by Crippen LogP contribution is -2.54. The van der Waals surface area contributed by atoms with Crippen LogP contribution in [0.1, 0.15) is 52.4 Å². The highest BCUT2D eigenvalue weighted by molar-refractivity contribution is 5.29. The molecule has 23 heavy (non-hydrogen) atoms. The Morgan fingerprint density at radius 2 is 1.70 bits per heavy atom. The molecule has 0 aromatic carbocycles. The molecular formula is C19H30O4. The van der Waals surface area contributed by atoms with Crippen LogP contribution in [0.25, 0.3) is 0 Å². The van der Waals surface area contributed by atoms with E-state index in [1.54, 1.807) is 0 Å². The van der Waals surface area contributed by atoms with Crippen molar-refractivity contribution in [3.63, 3.8) is 0 Å². The number of fused-ring (bicyclic) bond motifs is 5.